The molecular weight excluding hydrogens is 354 g/mol. The van der Waals surface area contributed by atoms with Crippen molar-refractivity contribution in [2.45, 2.75) is 39.7 Å². The van der Waals surface area contributed by atoms with E-state index in [0.717, 1.165) is 28.9 Å². The number of carbonyl (C=O) groups excluding carboxylic acids is 1. The third kappa shape index (κ3) is 4.51. The van der Waals surface area contributed by atoms with Gasteiger partial charge in [0.25, 0.3) is 5.91 Å². The molecule has 3 aromatic heterocycles. The number of aromatic nitrogens is 5. The van der Waals surface area contributed by atoms with Crippen molar-refractivity contribution in [1.82, 2.24) is 30.5 Å². The van der Waals surface area contributed by atoms with E-state index >= 15 is 0 Å². The first-order chi connectivity index (χ1) is 13.4. The molecule has 146 valence electrons. The van der Waals surface area contributed by atoms with Crippen molar-refractivity contribution in [1.29, 1.82) is 0 Å². The quantitative estimate of drug-likeness (QED) is 0.582. The molecule has 0 aromatic carbocycles. The molecule has 0 fully saturated rings. The van der Waals surface area contributed by atoms with Crippen LogP contribution in [-0.4, -0.2) is 37.6 Å². The smallest absolute Gasteiger partial charge is 0.289 e. The van der Waals surface area contributed by atoms with Gasteiger partial charge in [-0.25, -0.2) is 9.97 Å². The Morgan fingerprint density at radius 3 is 2.71 bits per heavy atom. The van der Waals surface area contributed by atoms with Crippen molar-refractivity contribution in [2.24, 2.45) is 0 Å². The number of anilines is 1. The molecule has 0 saturated carbocycles. The molecule has 8 nitrogen and oxygen atoms in total. The molecule has 28 heavy (non-hydrogen) atoms. The van der Waals surface area contributed by atoms with E-state index in [0.29, 0.717) is 12.4 Å². The van der Waals surface area contributed by atoms with Gasteiger partial charge in [0, 0.05) is 30.2 Å². The maximum Gasteiger partial charge on any atom is 0.289 e. The average molecular weight is 379 g/mol. The van der Waals surface area contributed by atoms with Gasteiger partial charge in [0.1, 0.15) is 5.82 Å². The van der Waals surface area contributed by atoms with E-state index in [9.17, 15) is 4.79 Å². The van der Waals surface area contributed by atoms with Crippen LogP contribution in [0, 0.1) is 13.8 Å². The van der Waals surface area contributed by atoms with Crippen molar-refractivity contribution in [3.63, 3.8) is 0 Å². The van der Waals surface area contributed by atoms with E-state index in [1.165, 1.54) is 0 Å². The summed E-state index contributed by atoms with van der Waals surface area (Å²) in [5.41, 5.74) is 2.92. The van der Waals surface area contributed by atoms with Crippen LogP contribution in [0.25, 0.3) is 0 Å². The van der Waals surface area contributed by atoms with Crippen molar-refractivity contribution in [3.8, 4) is 0 Å². The van der Waals surface area contributed by atoms with Gasteiger partial charge in [0.05, 0.1) is 17.4 Å². The van der Waals surface area contributed by atoms with Gasteiger partial charge in [0.15, 0.2) is 0 Å². The normalized spacial score (nSPS) is 11.3. The van der Waals surface area contributed by atoms with Crippen LogP contribution < -0.4 is 10.6 Å². The Bertz CT molecular complexity index is 937. The lowest BCUT2D eigenvalue weighted by Crippen LogP contribution is -2.42. The van der Waals surface area contributed by atoms with Crippen LogP contribution in [0.2, 0.25) is 0 Å². The number of H-pyrrole nitrogens is 1. The summed E-state index contributed by atoms with van der Waals surface area (Å²) in [5, 5.41) is 13.0. The second kappa shape index (κ2) is 8.16. The fourth-order valence-electron chi connectivity index (χ4n) is 2.78. The van der Waals surface area contributed by atoms with Gasteiger partial charge >= 0.3 is 0 Å². The summed E-state index contributed by atoms with van der Waals surface area (Å²) >= 11 is 0. The molecular formula is C20H25N7O. The lowest BCUT2D eigenvalue weighted by Gasteiger charge is -2.25. The van der Waals surface area contributed by atoms with Crippen molar-refractivity contribution in [3.05, 3.63) is 65.1 Å². The van der Waals surface area contributed by atoms with E-state index < -0.39 is 5.54 Å². The molecule has 0 aliphatic heterocycles. The number of hydrogen-bond donors (Lipinski definition) is 3. The minimum Gasteiger partial charge on any atom is -0.369 e. The van der Waals surface area contributed by atoms with E-state index in [1.807, 2.05) is 52.1 Å². The number of rotatable bonds is 7. The molecule has 0 atom stereocenters. The molecule has 0 saturated heterocycles. The Hall–Kier alpha value is -3.29. The third-order valence-electron chi connectivity index (χ3n) is 4.58. The van der Waals surface area contributed by atoms with Crippen LogP contribution in [0.3, 0.4) is 0 Å². The minimum atomic E-state index is -0.643. The number of pyridine rings is 1. The summed E-state index contributed by atoms with van der Waals surface area (Å²) in [6.07, 6.45) is 6.15. The van der Waals surface area contributed by atoms with E-state index in [4.69, 9.17) is 0 Å². The predicted octanol–water partition coefficient (Wildman–Crippen LogP) is 2.53. The summed E-state index contributed by atoms with van der Waals surface area (Å²) in [6, 6.07) is 5.62. The molecule has 0 unspecified atom stereocenters. The predicted molar refractivity (Wildman–Crippen MR) is 107 cm³/mol. The molecule has 3 rings (SSSR count). The van der Waals surface area contributed by atoms with Gasteiger partial charge in [-0.2, -0.15) is 5.10 Å². The molecule has 3 aromatic rings. The van der Waals surface area contributed by atoms with Crippen LogP contribution in [0.4, 0.5) is 5.82 Å². The molecule has 3 N–H and O–H groups in total. The van der Waals surface area contributed by atoms with E-state index in [2.05, 4.69) is 35.8 Å². The van der Waals surface area contributed by atoms with Crippen LogP contribution in [0.5, 0.6) is 0 Å². The maximum absolute atomic E-state index is 12.8. The lowest BCUT2D eigenvalue weighted by atomic mass is 10.00. The lowest BCUT2D eigenvalue weighted by molar-refractivity contribution is 0.0899. The van der Waals surface area contributed by atoms with Crippen LogP contribution in [0.15, 0.2) is 36.8 Å². The summed E-state index contributed by atoms with van der Waals surface area (Å²) in [7, 11) is 0. The van der Waals surface area contributed by atoms with Gasteiger partial charge in [-0.05, 0) is 51.8 Å². The van der Waals surface area contributed by atoms with Gasteiger partial charge < -0.3 is 10.6 Å². The number of aryl methyl sites for hydroxylation is 1. The first-order valence-electron chi connectivity index (χ1n) is 9.17. The van der Waals surface area contributed by atoms with Crippen molar-refractivity contribution in [2.75, 3.05) is 11.9 Å². The van der Waals surface area contributed by atoms with E-state index in [1.54, 1.807) is 12.4 Å². The SMILES string of the molecule is Cc1nc(C(=O)NC(C)(C)c2ccccn2)nc(NCCc2cn[nH]c2)c1C. The average Bonchev–Trinajstić information content (AvgIpc) is 3.19. The molecule has 0 radical (unpaired) electrons. The first-order valence-corrected chi connectivity index (χ1v) is 9.17. The topological polar surface area (TPSA) is 108 Å². The highest BCUT2D eigenvalue weighted by Crippen LogP contribution is 2.19. The monoisotopic (exact) mass is 379 g/mol. The van der Waals surface area contributed by atoms with Crippen LogP contribution >= 0.6 is 0 Å². The van der Waals surface area contributed by atoms with Gasteiger partial charge in [-0.3, -0.25) is 14.9 Å². The number of amides is 1. The second-order valence-corrected chi connectivity index (χ2v) is 7.18. The Morgan fingerprint density at radius 1 is 1.21 bits per heavy atom. The number of aromatic amines is 1. The van der Waals surface area contributed by atoms with Gasteiger partial charge in [0.2, 0.25) is 5.82 Å². The first kappa shape index (κ1) is 19.5. The standard InChI is InChI=1S/C20H25N7O/c1-13-14(2)25-18(26-17(13)22-10-8-15-11-23-24-12-15)19(28)27-20(3,4)16-7-5-6-9-21-16/h5-7,9,11-12H,8,10H2,1-4H3,(H,23,24)(H,27,28)(H,22,25,26). The summed E-state index contributed by atoms with van der Waals surface area (Å²) in [5.74, 6) is 0.464. The maximum atomic E-state index is 12.8. The summed E-state index contributed by atoms with van der Waals surface area (Å²) in [6.45, 7) is 8.29. The largest absolute Gasteiger partial charge is 0.369 e. The van der Waals surface area contributed by atoms with Gasteiger partial charge in [-0.1, -0.05) is 6.07 Å². The second-order valence-electron chi connectivity index (χ2n) is 7.18. The number of hydrogen-bond acceptors (Lipinski definition) is 6. The zero-order valence-corrected chi connectivity index (χ0v) is 16.6. The zero-order valence-electron chi connectivity index (χ0n) is 16.6. The van der Waals surface area contributed by atoms with Gasteiger partial charge in [-0.15, -0.1) is 0 Å². The molecule has 0 spiro atoms. The fourth-order valence-corrected chi connectivity index (χ4v) is 2.78. The Balaban J connectivity index is 1.74. The number of carbonyl (C=O) groups is 1. The molecule has 0 aliphatic carbocycles. The Morgan fingerprint density at radius 2 is 2.04 bits per heavy atom. The van der Waals surface area contributed by atoms with Crippen molar-refractivity contribution >= 4 is 11.7 Å². The highest BCUT2D eigenvalue weighted by Gasteiger charge is 2.26. The summed E-state index contributed by atoms with van der Waals surface area (Å²) < 4.78 is 0. The molecule has 3 heterocycles. The van der Waals surface area contributed by atoms with E-state index in [-0.39, 0.29) is 11.7 Å². The van der Waals surface area contributed by atoms with Crippen LogP contribution in [-0.2, 0) is 12.0 Å². The Kier molecular flexibility index (Phi) is 5.67. The highest BCUT2D eigenvalue weighted by molar-refractivity contribution is 5.91. The third-order valence-corrected chi connectivity index (χ3v) is 4.58. The molecule has 0 bridgehead atoms. The highest BCUT2D eigenvalue weighted by atomic mass is 16.2. The molecule has 0 aliphatic rings. The molecule has 8 heteroatoms. The van der Waals surface area contributed by atoms with Crippen LogP contribution in [0.1, 0.15) is 47.0 Å². The minimum absolute atomic E-state index is 0.137. The zero-order chi connectivity index (χ0) is 20.1. The number of nitrogens with one attached hydrogen (secondary N) is 3. The van der Waals surface area contributed by atoms with Crippen molar-refractivity contribution < 1.29 is 4.79 Å². The number of nitrogens with zero attached hydrogens (tertiary/aromatic N) is 4. The fraction of sp³-hybridized carbons (Fsp3) is 0.350. The molecule has 1 amide bonds. The summed E-state index contributed by atoms with van der Waals surface area (Å²) in [4.78, 5) is 26.0. The Labute approximate surface area is 164 Å².